The van der Waals surface area contributed by atoms with Crippen molar-refractivity contribution in [3.63, 3.8) is 0 Å². The van der Waals surface area contributed by atoms with Crippen molar-refractivity contribution in [3.8, 4) is 0 Å². The number of aliphatic hydroxyl groups is 1. The number of carboxylic acid groups (broad SMARTS) is 1. The van der Waals surface area contributed by atoms with Gasteiger partial charge in [0.1, 0.15) is 18.0 Å². The largest absolute Gasteiger partial charge is 0.480 e. The molecule has 0 aliphatic rings. The molecule has 12 heteroatoms. The molecular weight excluding hydrogens is 345 g/mol. The van der Waals surface area contributed by atoms with E-state index in [9.17, 15) is 31.5 Å². The zero-order valence-corrected chi connectivity index (χ0v) is 12.5. The molecule has 1 heterocycles. The fourth-order valence-corrected chi connectivity index (χ4v) is 3.10. The van der Waals surface area contributed by atoms with Crippen LogP contribution in [0, 0.1) is 0 Å². The topological polar surface area (TPSA) is 144 Å². The van der Waals surface area contributed by atoms with Gasteiger partial charge in [0, 0.05) is 12.5 Å². The van der Waals surface area contributed by atoms with Crippen LogP contribution in [0.15, 0.2) is 16.9 Å². The first-order chi connectivity index (χ1) is 10.4. The summed E-state index contributed by atoms with van der Waals surface area (Å²) < 4.78 is 66.8. The first-order valence-corrected chi connectivity index (χ1v) is 8.10. The molecule has 4 N–H and O–H groups in total. The van der Waals surface area contributed by atoms with Crippen LogP contribution >= 0.6 is 0 Å². The van der Waals surface area contributed by atoms with E-state index in [2.05, 4.69) is 9.68 Å². The normalized spacial score (nSPS) is 16.7. The summed E-state index contributed by atoms with van der Waals surface area (Å²) in [6.07, 6.45) is -6.01. The quantitative estimate of drug-likeness (QED) is 0.589. The minimum atomic E-state index is -5.17. The minimum absolute atomic E-state index is 0.452. The fourth-order valence-electron chi connectivity index (χ4n) is 1.68. The van der Waals surface area contributed by atoms with Crippen molar-refractivity contribution < 1.29 is 41.1 Å². The molecule has 1 unspecified atom stereocenters. The van der Waals surface area contributed by atoms with E-state index in [-0.39, 0.29) is 0 Å². The molecule has 2 atom stereocenters. The van der Waals surface area contributed by atoms with Gasteiger partial charge >= 0.3 is 12.1 Å². The second-order valence-corrected chi connectivity index (χ2v) is 7.18. The molecule has 0 saturated carbocycles. The smallest absolute Gasteiger partial charge is 0.423 e. The first-order valence-electron chi connectivity index (χ1n) is 6.28. The summed E-state index contributed by atoms with van der Waals surface area (Å²) in [5, 5.41) is 21.4. The van der Waals surface area contributed by atoms with E-state index in [1.807, 2.05) is 0 Å². The Bertz CT molecular complexity index is 631. The third-order valence-corrected chi connectivity index (χ3v) is 4.85. The highest BCUT2D eigenvalue weighted by Crippen LogP contribution is 2.41. The molecule has 8 nitrogen and oxygen atoms in total. The Morgan fingerprint density at radius 1 is 1.39 bits per heavy atom. The number of aromatic nitrogens is 1. The molecule has 132 valence electrons. The molecule has 23 heavy (non-hydrogen) atoms. The number of carbonyl (C=O) groups is 1. The van der Waals surface area contributed by atoms with Gasteiger partial charge in [-0.05, 0) is 6.42 Å². The molecule has 0 amide bonds. The lowest BCUT2D eigenvalue weighted by Crippen LogP contribution is -2.44. The SMILES string of the molecule is N[C@@H](CCS(=O)(=O)CCC(O)(c1ccon1)C(F)(F)F)C(=O)O. The van der Waals surface area contributed by atoms with Crippen LogP contribution in [-0.2, 0) is 20.2 Å². The molecule has 0 spiro atoms. The van der Waals surface area contributed by atoms with Gasteiger partial charge in [-0.1, -0.05) is 5.16 Å². The van der Waals surface area contributed by atoms with Crippen molar-refractivity contribution in [1.29, 1.82) is 0 Å². The molecule has 0 aliphatic carbocycles. The fraction of sp³-hybridized carbons (Fsp3) is 0.636. The molecule has 0 fully saturated rings. The van der Waals surface area contributed by atoms with Crippen LogP contribution < -0.4 is 5.73 Å². The third kappa shape index (κ3) is 4.91. The van der Waals surface area contributed by atoms with E-state index in [1.165, 1.54) is 0 Å². The Kier molecular flexibility index (Phi) is 5.77. The van der Waals surface area contributed by atoms with E-state index < -0.39 is 63.7 Å². The van der Waals surface area contributed by atoms with Crippen molar-refractivity contribution in [2.75, 3.05) is 11.5 Å². The number of nitrogens with two attached hydrogens (primary N) is 1. The Balaban J connectivity index is 2.81. The standard InChI is InChI=1S/C11H15F3N2O6S/c12-11(13,14)10(19,8-1-4-22-16-8)3-6-23(20,21)5-2-7(15)9(17)18/h1,4,7,19H,2-3,5-6,15H2,(H,17,18)/t7-,10?/m0/s1. The highest BCUT2D eigenvalue weighted by Gasteiger charge is 2.56. The predicted octanol–water partition coefficient (Wildman–Crippen LogP) is 0.0314. The number of carboxylic acids is 1. The minimum Gasteiger partial charge on any atom is -0.480 e. The molecule has 0 aromatic carbocycles. The van der Waals surface area contributed by atoms with E-state index in [1.54, 1.807) is 0 Å². The van der Waals surface area contributed by atoms with Gasteiger partial charge in [0.25, 0.3) is 0 Å². The summed E-state index contributed by atoms with van der Waals surface area (Å²) in [5.41, 5.74) is 0.793. The van der Waals surface area contributed by atoms with Gasteiger partial charge in [-0.3, -0.25) is 4.79 Å². The molecule has 1 aromatic heterocycles. The maximum Gasteiger partial charge on any atom is 0.423 e. The monoisotopic (exact) mass is 360 g/mol. The number of halogens is 3. The molecule has 0 radical (unpaired) electrons. The van der Waals surface area contributed by atoms with Crippen LogP contribution in [0.1, 0.15) is 18.5 Å². The highest BCUT2D eigenvalue weighted by molar-refractivity contribution is 7.91. The number of alkyl halides is 3. The van der Waals surface area contributed by atoms with Crippen LogP contribution in [0.2, 0.25) is 0 Å². The predicted molar refractivity (Wildman–Crippen MR) is 70.0 cm³/mol. The summed E-state index contributed by atoms with van der Waals surface area (Å²) >= 11 is 0. The molecule has 1 rings (SSSR count). The Morgan fingerprint density at radius 3 is 2.43 bits per heavy atom. The van der Waals surface area contributed by atoms with Crippen LogP contribution in [0.3, 0.4) is 0 Å². The summed E-state index contributed by atoms with van der Waals surface area (Å²) in [4.78, 5) is 10.5. The molecule has 0 aliphatic heterocycles. The number of nitrogens with zero attached hydrogens (tertiary/aromatic N) is 1. The summed E-state index contributed by atoms with van der Waals surface area (Å²) in [6.45, 7) is 0. The van der Waals surface area contributed by atoms with Gasteiger partial charge in [-0.15, -0.1) is 0 Å². The van der Waals surface area contributed by atoms with Crippen LogP contribution in [-0.4, -0.2) is 53.5 Å². The lowest BCUT2D eigenvalue weighted by molar-refractivity contribution is -0.269. The lowest BCUT2D eigenvalue weighted by Gasteiger charge is -2.28. The van der Waals surface area contributed by atoms with Gasteiger partial charge in [0.05, 0.1) is 11.5 Å². The maximum absolute atomic E-state index is 13.0. The molecule has 1 aromatic rings. The second kappa shape index (κ2) is 6.84. The van der Waals surface area contributed by atoms with Crippen molar-refractivity contribution in [3.05, 3.63) is 18.0 Å². The second-order valence-electron chi connectivity index (χ2n) is 4.88. The number of rotatable bonds is 8. The van der Waals surface area contributed by atoms with E-state index >= 15 is 0 Å². The highest BCUT2D eigenvalue weighted by atomic mass is 32.2. The van der Waals surface area contributed by atoms with Gasteiger partial charge in [-0.2, -0.15) is 13.2 Å². The molecular formula is C11H15F3N2O6S. The van der Waals surface area contributed by atoms with Crippen LogP contribution in [0.5, 0.6) is 0 Å². The maximum atomic E-state index is 13.0. The van der Waals surface area contributed by atoms with Crippen LogP contribution in [0.25, 0.3) is 0 Å². The van der Waals surface area contributed by atoms with Crippen LogP contribution in [0.4, 0.5) is 13.2 Å². The van der Waals surface area contributed by atoms with E-state index in [0.29, 0.717) is 0 Å². The van der Waals surface area contributed by atoms with Gasteiger partial charge in [-0.25, -0.2) is 8.42 Å². The van der Waals surface area contributed by atoms with E-state index in [0.717, 1.165) is 12.3 Å². The summed E-state index contributed by atoms with van der Waals surface area (Å²) in [7, 11) is -4.06. The van der Waals surface area contributed by atoms with Gasteiger partial charge in [0.15, 0.2) is 9.84 Å². The number of aliphatic carboxylic acids is 1. The van der Waals surface area contributed by atoms with Crippen molar-refractivity contribution in [2.45, 2.75) is 30.7 Å². The lowest BCUT2D eigenvalue weighted by atomic mass is 9.96. The van der Waals surface area contributed by atoms with Gasteiger partial charge in [0.2, 0.25) is 5.60 Å². The van der Waals surface area contributed by atoms with E-state index in [4.69, 9.17) is 10.8 Å². The zero-order valence-electron chi connectivity index (χ0n) is 11.7. The van der Waals surface area contributed by atoms with Crippen molar-refractivity contribution in [2.24, 2.45) is 5.73 Å². The average Bonchev–Trinajstić information content (AvgIpc) is 2.95. The zero-order chi connectivity index (χ0) is 17.9. The molecule has 0 bridgehead atoms. The molecule has 0 saturated heterocycles. The Hall–Kier alpha value is -1.66. The summed E-state index contributed by atoms with van der Waals surface area (Å²) in [6, 6.07) is -0.665. The summed E-state index contributed by atoms with van der Waals surface area (Å²) in [5.74, 6) is -3.16. The van der Waals surface area contributed by atoms with Gasteiger partial charge < -0.3 is 20.5 Å². The number of sulfone groups is 1. The van der Waals surface area contributed by atoms with Crippen molar-refractivity contribution >= 4 is 15.8 Å². The third-order valence-electron chi connectivity index (χ3n) is 3.16. The average molecular weight is 360 g/mol. The Labute approximate surface area is 129 Å². The Morgan fingerprint density at radius 2 is 2.00 bits per heavy atom. The van der Waals surface area contributed by atoms with Crippen molar-refractivity contribution in [1.82, 2.24) is 5.16 Å². The number of hydrogen-bond acceptors (Lipinski definition) is 7. The number of hydrogen-bond donors (Lipinski definition) is 3. The first kappa shape index (κ1) is 19.4.